The predicted octanol–water partition coefficient (Wildman–Crippen LogP) is 0.310. The summed E-state index contributed by atoms with van der Waals surface area (Å²) in [4.78, 5) is 0. The average Bonchev–Trinajstić information content (AvgIpc) is 2.30. The Morgan fingerprint density at radius 3 is 2.41 bits per heavy atom. The quantitative estimate of drug-likeness (QED) is 0.684. The lowest BCUT2D eigenvalue weighted by Gasteiger charge is -2.13. The van der Waals surface area contributed by atoms with Gasteiger partial charge in [-0.2, -0.15) is 0 Å². The second-order valence-corrected chi connectivity index (χ2v) is 5.96. The number of aliphatic hydroxyl groups is 1. The molecule has 0 saturated carbocycles. The summed E-state index contributed by atoms with van der Waals surface area (Å²) in [6.07, 6.45) is 0.562. The van der Waals surface area contributed by atoms with Crippen LogP contribution >= 0.6 is 0 Å². The Bertz CT molecular complexity index is 442. The fourth-order valence-electron chi connectivity index (χ4n) is 1.26. The summed E-state index contributed by atoms with van der Waals surface area (Å²) >= 11 is 0. The van der Waals surface area contributed by atoms with Gasteiger partial charge < -0.3 is 10.8 Å². The van der Waals surface area contributed by atoms with Crippen LogP contribution in [0.1, 0.15) is 12.5 Å². The Morgan fingerprint density at radius 2 is 1.94 bits per heavy atom. The van der Waals surface area contributed by atoms with E-state index in [1.54, 1.807) is 31.2 Å². The number of hydrogen-bond acceptors (Lipinski definition) is 4. The van der Waals surface area contributed by atoms with Gasteiger partial charge in [0.05, 0.1) is 5.25 Å². The van der Waals surface area contributed by atoms with Crippen molar-refractivity contribution >= 4 is 15.7 Å². The standard InChI is InChI=1S/C11H18N2O3S/c1-9(8-12)17(15,16)13-11-4-2-10(3-5-11)6-7-14/h2-5,9,13-14H,6-8,12H2,1H3. The molecule has 5 nitrogen and oxygen atoms in total. The van der Waals surface area contributed by atoms with E-state index in [2.05, 4.69) is 4.72 Å². The van der Waals surface area contributed by atoms with Crippen LogP contribution in [0.2, 0.25) is 0 Å². The summed E-state index contributed by atoms with van der Waals surface area (Å²) in [5.41, 5.74) is 6.80. The molecule has 6 heteroatoms. The topological polar surface area (TPSA) is 92.4 Å². The molecule has 1 rings (SSSR count). The molecule has 1 aromatic carbocycles. The molecule has 0 radical (unpaired) electrons. The van der Waals surface area contributed by atoms with Gasteiger partial charge in [0.25, 0.3) is 0 Å². The van der Waals surface area contributed by atoms with Crippen LogP contribution < -0.4 is 10.5 Å². The van der Waals surface area contributed by atoms with Crippen LogP contribution in [0.5, 0.6) is 0 Å². The van der Waals surface area contributed by atoms with Crippen LogP contribution in [-0.2, 0) is 16.4 Å². The van der Waals surface area contributed by atoms with E-state index in [1.807, 2.05) is 0 Å². The van der Waals surface area contributed by atoms with Gasteiger partial charge in [-0.05, 0) is 31.0 Å². The first-order valence-electron chi connectivity index (χ1n) is 5.41. The molecule has 0 aliphatic rings. The Hall–Kier alpha value is -1.11. The van der Waals surface area contributed by atoms with Gasteiger partial charge in [0.2, 0.25) is 10.0 Å². The van der Waals surface area contributed by atoms with E-state index in [4.69, 9.17) is 10.8 Å². The van der Waals surface area contributed by atoms with Crippen LogP contribution in [0, 0.1) is 0 Å². The van der Waals surface area contributed by atoms with Gasteiger partial charge in [-0.25, -0.2) is 8.42 Å². The SMILES string of the molecule is CC(CN)S(=O)(=O)Nc1ccc(CCO)cc1. The molecule has 0 aliphatic heterocycles. The molecule has 0 amide bonds. The summed E-state index contributed by atoms with van der Waals surface area (Å²) in [5.74, 6) is 0. The summed E-state index contributed by atoms with van der Waals surface area (Å²) in [7, 11) is -3.41. The normalized spacial score (nSPS) is 13.4. The highest BCUT2D eigenvalue weighted by atomic mass is 32.2. The first-order valence-corrected chi connectivity index (χ1v) is 6.95. The van der Waals surface area contributed by atoms with Crippen molar-refractivity contribution < 1.29 is 13.5 Å². The molecule has 0 saturated heterocycles. The second-order valence-electron chi connectivity index (χ2n) is 3.86. The van der Waals surface area contributed by atoms with Crippen molar-refractivity contribution in [2.75, 3.05) is 17.9 Å². The molecule has 0 aromatic heterocycles. The third-order valence-corrected chi connectivity index (χ3v) is 4.25. The van der Waals surface area contributed by atoms with Crippen molar-refractivity contribution in [2.24, 2.45) is 5.73 Å². The van der Waals surface area contributed by atoms with Gasteiger partial charge in [0, 0.05) is 18.8 Å². The van der Waals surface area contributed by atoms with Crippen LogP contribution in [-0.4, -0.2) is 31.9 Å². The molecule has 17 heavy (non-hydrogen) atoms. The number of hydrogen-bond donors (Lipinski definition) is 3. The van der Waals surface area contributed by atoms with Crippen molar-refractivity contribution in [3.05, 3.63) is 29.8 Å². The van der Waals surface area contributed by atoms with Crippen molar-refractivity contribution in [3.8, 4) is 0 Å². The highest BCUT2D eigenvalue weighted by molar-refractivity contribution is 7.93. The molecule has 4 N–H and O–H groups in total. The summed E-state index contributed by atoms with van der Waals surface area (Å²) < 4.78 is 25.9. The monoisotopic (exact) mass is 258 g/mol. The van der Waals surface area contributed by atoms with Crippen molar-refractivity contribution in [3.63, 3.8) is 0 Å². The number of rotatable bonds is 6. The zero-order chi connectivity index (χ0) is 12.9. The van der Waals surface area contributed by atoms with Crippen molar-refractivity contribution in [2.45, 2.75) is 18.6 Å². The van der Waals surface area contributed by atoms with Crippen LogP contribution in [0.3, 0.4) is 0 Å². The van der Waals surface area contributed by atoms with Gasteiger partial charge in [-0.15, -0.1) is 0 Å². The molecule has 0 heterocycles. The zero-order valence-electron chi connectivity index (χ0n) is 9.76. The fourth-order valence-corrected chi connectivity index (χ4v) is 2.18. The summed E-state index contributed by atoms with van der Waals surface area (Å²) in [6, 6.07) is 6.90. The lowest BCUT2D eigenvalue weighted by atomic mass is 10.1. The highest BCUT2D eigenvalue weighted by Gasteiger charge is 2.18. The van der Waals surface area contributed by atoms with E-state index < -0.39 is 15.3 Å². The Balaban J connectivity index is 2.75. The predicted molar refractivity (Wildman–Crippen MR) is 68.3 cm³/mol. The van der Waals surface area contributed by atoms with Crippen LogP contribution in [0.15, 0.2) is 24.3 Å². The number of sulfonamides is 1. The first-order chi connectivity index (χ1) is 7.99. The van der Waals surface area contributed by atoms with Crippen LogP contribution in [0.25, 0.3) is 0 Å². The minimum absolute atomic E-state index is 0.0787. The van der Waals surface area contributed by atoms with Gasteiger partial charge in [0.1, 0.15) is 0 Å². The van der Waals surface area contributed by atoms with Crippen molar-refractivity contribution in [1.29, 1.82) is 0 Å². The van der Waals surface area contributed by atoms with E-state index in [0.29, 0.717) is 12.1 Å². The molecule has 1 aromatic rings. The third-order valence-electron chi connectivity index (χ3n) is 2.48. The van der Waals surface area contributed by atoms with E-state index in [0.717, 1.165) is 5.56 Å². The lowest BCUT2D eigenvalue weighted by molar-refractivity contribution is 0.299. The lowest BCUT2D eigenvalue weighted by Crippen LogP contribution is -2.31. The van der Waals surface area contributed by atoms with Gasteiger partial charge in [0.15, 0.2) is 0 Å². The van der Waals surface area contributed by atoms with E-state index in [-0.39, 0.29) is 13.2 Å². The van der Waals surface area contributed by atoms with Gasteiger partial charge in [-0.3, -0.25) is 4.72 Å². The zero-order valence-corrected chi connectivity index (χ0v) is 10.6. The molecule has 1 atom stereocenters. The maximum atomic E-state index is 11.7. The summed E-state index contributed by atoms with van der Waals surface area (Å²) in [6.45, 7) is 1.72. The highest BCUT2D eigenvalue weighted by Crippen LogP contribution is 2.13. The Kier molecular flexibility index (Phi) is 4.92. The van der Waals surface area contributed by atoms with E-state index in [9.17, 15) is 8.42 Å². The molecule has 1 unspecified atom stereocenters. The molecule has 0 spiro atoms. The minimum Gasteiger partial charge on any atom is -0.396 e. The Labute approximate surface area is 102 Å². The smallest absolute Gasteiger partial charge is 0.236 e. The molecular weight excluding hydrogens is 240 g/mol. The molecule has 96 valence electrons. The molecule has 0 fully saturated rings. The minimum atomic E-state index is -3.41. The number of nitrogens with one attached hydrogen (secondary N) is 1. The Morgan fingerprint density at radius 1 is 1.35 bits per heavy atom. The van der Waals surface area contributed by atoms with E-state index >= 15 is 0 Å². The van der Waals surface area contributed by atoms with Crippen molar-refractivity contribution in [1.82, 2.24) is 0 Å². The van der Waals surface area contributed by atoms with E-state index in [1.165, 1.54) is 0 Å². The summed E-state index contributed by atoms with van der Waals surface area (Å²) in [5, 5.41) is 8.13. The number of nitrogens with two attached hydrogens (primary N) is 1. The maximum absolute atomic E-state index is 11.7. The largest absolute Gasteiger partial charge is 0.396 e. The number of anilines is 1. The maximum Gasteiger partial charge on any atom is 0.236 e. The second kappa shape index (κ2) is 6.00. The third kappa shape index (κ3) is 3.99. The fraction of sp³-hybridized carbons (Fsp3) is 0.455. The van der Waals surface area contributed by atoms with Gasteiger partial charge >= 0.3 is 0 Å². The first kappa shape index (κ1) is 14.0. The van der Waals surface area contributed by atoms with Crippen LogP contribution in [0.4, 0.5) is 5.69 Å². The average molecular weight is 258 g/mol. The molecule has 0 aliphatic carbocycles. The van der Waals surface area contributed by atoms with Gasteiger partial charge in [-0.1, -0.05) is 12.1 Å². The number of aliphatic hydroxyl groups excluding tert-OH is 1. The molecular formula is C11H18N2O3S. The number of benzene rings is 1. The molecule has 0 bridgehead atoms.